The highest BCUT2D eigenvalue weighted by Crippen LogP contribution is 2.37. The Morgan fingerprint density at radius 1 is 0.921 bits per heavy atom. The second-order valence-electron chi connectivity index (χ2n) is 9.22. The summed E-state index contributed by atoms with van der Waals surface area (Å²) in [6.45, 7) is 5.38. The number of nitrogens with one attached hydrogen (secondary N) is 4. The van der Waals surface area contributed by atoms with Crippen LogP contribution < -0.4 is 16.0 Å². The van der Waals surface area contributed by atoms with Gasteiger partial charge in [-0.15, -0.1) is 0 Å². The zero-order chi connectivity index (χ0) is 27.0. The number of rotatable bonds is 6. The number of carboxylic acid groups (broad SMARTS) is 1. The second kappa shape index (κ2) is 9.74. The van der Waals surface area contributed by atoms with E-state index < -0.39 is 5.97 Å². The molecule has 8 heteroatoms. The van der Waals surface area contributed by atoms with Crippen LogP contribution in [-0.2, 0) is 4.79 Å². The second-order valence-corrected chi connectivity index (χ2v) is 9.22. The van der Waals surface area contributed by atoms with Crippen molar-refractivity contribution in [2.75, 3.05) is 16.0 Å². The summed E-state index contributed by atoms with van der Waals surface area (Å²) < 4.78 is 0. The molecular weight excluding hydrogens is 480 g/mol. The van der Waals surface area contributed by atoms with Crippen molar-refractivity contribution in [2.24, 2.45) is 0 Å². The summed E-state index contributed by atoms with van der Waals surface area (Å²) >= 11 is 0. The summed E-state index contributed by atoms with van der Waals surface area (Å²) in [5, 5.41) is 18.7. The smallest absolute Gasteiger partial charge is 0.337 e. The number of hydrogen-bond donors (Lipinski definition) is 5. The number of aromatic nitrogens is 1. The van der Waals surface area contributed by atoms with Gasteiger partial charge >= 0.3 is 5.97 Å². The Kier molecular flexibility index (Phi) is 6.30. The Balaban J connectivity index is 1.39. The topological polar surface area (TPSA) is 123 Å². The number of carbonyl (C=O) groups is 3. The number of carbonyl (C=O) groups excluding carboxylic acids is 2. The van der Waals surface area contributed by atoms with Crippen molar-refractivity contribution in [3.8, 4) is 0 Å². The van der Waals surface area contributed by atoms with Crippen LogP contribution in [0.5, 0.6) is 0 Å². The van der Waals surface area contributed by atoms with E-state index in [1.165, 1.54) is 0 Å². The minimum absolute atomic E-state index is 0.192. The normalized spacial score (nSPS) is 13.2. The van der Waals surface area contributed by atoms with Crippen LogP contribution >= 0.6 is 0 Å². The van der Waals surface area contributed by atoms with E-state index in [0.29, 0.717) is 39.5 Å². The maximum atomic E-state index is 12.8. The largest absolute Gasteiger partial charge is 0.478 e. The van der Waals surface area contributed by atoms with Crippen molar-refractivity contribution in [3.05, 3.63) is 106 Å². The molecule has 0 bridgehead atoms. The molecule has 38 heavy (non-hydrogen) atoms. The minimum Gasteiger partial charge on any atom is -0.478 e. The van der Waals surface area contributed by atoms with Crippen molar-refractivity contribution in [1.29, 1.82) is 0 Å². The molecule has 5 N–H and O–H groups in total. The number of carboxylic acids is 1. The number of hydrogen-bond acceptors (Lipinski definition) is 4. The van der Waals surface area contributed by atoms with E-state index >= 15 is 0 Å². The van der Waals surface area contributed by atoms with Crippen molar-refractivity contribution in [2.45, 2.75) is 20.8 Å². The predicted molar refractivity (Wildman–Crippen MR) is 149 cm³/mol. The fourth-order valence-electron chi connectivity index (χ4n) is 4.58. The molecule has 1 aliphatic rings. The Morgan fingerprint density at radius 2 is 1.66 bits per heavy atom. The summed E-state index contributed by atoms with van der Waals surface area (Å²) in [6, 6.07) is 20.2. The third-order valence-corrected chi connectivity index (χ3v) is 6.59. The van der Waals surface area contributed by atoms with Gasteiger partial charge in [-0.1, -0.05) is 30.3 Å². The van der Waals surface area contributed by atoms with Gasteiger partial charge in [0.05, 0.1) is 16.8 Å². The lowest BCUT2D eigenvalue weighted by Gasteiger charge is -2.13. The Hall–Kier alpha value is -5.11. The average Bonchev–Trinajstić information content (AvgIpc) is 3.35. The molecule has 0 saturated carbocycles. The van der Waals surface area contributed by atoms with Gasteiger partial charge in [0.25, 0.3) is 11.8 Å². The molecule has 0 unspecified atom stereocenters. The van der Waals surface area contributed by atoms with Gasteiger partial charge in [-0.3, -0.25) is 9.59 Å². The average molecular weight is 507 g/mol. The van der Waals surface area contributed by atoms with E-state index in [4.69, 9.17) is 0 Å². The molecule has 5 rings (SSSR count). The zero-order valence-electron chi connectivity index (χ0n) is 21.1. The number of aryl methyl sites for hydroxylation is 2. The molecule has 4 aromatic rings. The molecule has 0 saturated heterocycles. The summed E-state index contributed by atoms with van der Waals surface area (Å²) in [5.41, 5.74) is 7.55. The highest BCUT2D eigenvalue weighted by molar-refractivity contribution is 6.35. The van der Waals surface area contributed by atoms with Crippen LogP contribution in [0, 0.1) is 20.8 Å². The third-order valence-electron chi connectivity index (χ3n) is 6.59. The molecule has 1 aliphatic heterocycles. The van der Waals surface area contributed by atoms with Gasteiger partial charge in [-0.25, -0.2) is 4.79 Å². The summed E-state index contributed by atoms with van der Waals surface area (Å²) in [4.78, 5) is 40.0. The monoisotopic (exact) mass is 506 g/mol. The first-order valence-electron chi connectivity index (χ1n) is 12.1. The van der Waals surface area contributed by atoms with Gasteiger partial charge in [-0.2, -0.15) is 0 Å². The minimum atomic E-state index is -1.01. The molecule has 3 aromatic carbocycles. The molecule has 2 amide bonds. The first-order valence-corrected chi connectivity index (χ1v) is 12.1. The van der Waals surface area contributed by atoms with Crippen molar-refractivity contribution < 1.29 is 19.5 Å². The van der Waals surface area contributed by atoms with E-state index in [1.54, 1.807) is 32.1 Å². The summed E-state index contributed by atoms with van der Waals surface area (Å²) in [5.74, 6) is -1.46. The maximum Gasteiger partial charge on any atom is 0.337 e. The summed E-state index contributed by atoms with van der Waals surface area (Å²) in [7, 11) is 0. The molecule has 1 aromatic heterocycles. The lowest BCUT2D eigenvalue weighted by molar-refractivity contribution is -0.110. The quantitative estimate of drug-likeness (QED) is 0.201. The first-order chi connectivity index (χ1) is 18.2. The molecule has 0 spiro atoms. The van der Waals surface area contributed by atoms with Crippen LogP contribution in [0.4, 0.5) is 22.7 Å². The van der Waals surface area contributed by atoms with Crippen LogP contribution in [0.3, 0.4) is 0 Å². The molecule has 0 atom stereocenters. The molecule has 0 radical (unpaired) electrons. The Labute approximate surface area is 219 Å². The van der Waals surface area contributed by atoms with Crippen LogP contribution in [0.1, 0.15) is 48.8 Å². The SMILES string of the molecule is Cc1ccc(NC(=O)c2ccccc2)cc1Nc1ccc2c(c1)NC(=O)/C2=C\c1[nH]c(C)c(C(=O)O)c1C. The van der Waals surface area contributed by atoms with Crippen LogP contribution in [0.2, 0.25) is 0 Å². The number of anilines is 4. The predicted octanol–water partition coefficient (Wildman–Crippen LogP) is 6.13. The number of benzene rings is 3. The highest BCUT2D eigenvalue weighted by Gasteiger charge is 2.26. The van der Waals surface area contributed by atoms with Crippen molar-refractivity contribution in [1.82, 2.24) is 4.98 Å². The molecule has 0 fully saturated rings. The molecule has 190 valence electrons. The highest BCUT2D eigenvalue weighted by atomic mass is 16.4. The molecule has 8 nitrogen and oxygen atoms in total. The van der Waals surface area contributed by atoms with Gasteiger partial charge in [0.1, 0.15) is 0 Å². The Morgan fingerprint density at radius 3 is 2.37 bits per heavy atom. The van der Waals surface area contributed by atoms with Gasteiger partial charge in [-0.05, 0) is 74.4 Å². The number of amides is 2. The van der Waals surface area contributed by atoms with Crippen LogP contribution in [0.15, 0.2) is 66.7 Å². The number of fused-ring (bicyclic) bond motifs is 1. The number of aromatic amines is 1. The van der Waals surface area contributed by atoms with Crippen molar-refractivity contribution >= 4 is 52.2 Å². The van der Waals surface area contributed by atoms with E-state index in [0.717, 1.165) is 22.5 Å². The van der Waals surface area contributed by atoms with E-state index in [-0.39, 0.29) is 17.4 Å². The zero-order valence-corrected chi connectivity index (χ0v) is 21.1. The molecule has 0 aliphatic carbocycles. The molecular formula is C30H26N4O4. The van der Waals surface area contributed by atoms with Crippen LogP contribution in [-0.4, -0.2) is 27.9 Å². The number of aromatic carboxylic acids is 1. The Bertz CT molecular complexity index is 1630. The lowest BCUT2D eigenvalue weighted by atomic mass is 10.0. The maximum absolute atomic E-state index is 12.8. The standard InChI is InChI=1S/C30H26N4O4/c1-16-9-10-21(33-28(35)19-7-5-4-6-8-19)13-24(16)32-20-11-12-22-23(29(36)34-26(22)14-20)15-25-17(2)27(30(37)38)18(3)31-25/h4-15,31-32H,1-3H3,(H,33,35)(H,34,36)(H,37,38)/b23-15-. The van der Waals surface area contributed by atoms with E-state index in [1.807, 2.05) is 61.5 Å². The third kappa shape index (κ3) is 4.67. The van der Waals surface area contributed by atoms with Gasteiger partial charge in [0, 0.05) is 39.6 Å². The van der Waals surface area contributed by atoms with Gasteiger partial charge < -0.3 is 26.0 Å². The van der Waals surface area contributed by atoms with E-state index in [2.05, 4.69) is 20.9 Å². The van der Waals surface area contributed by atoms with E-state index in [9.17, 15) is 19.5 Å². The first kappa shape index (κ1) is 24.6. The fourth-order valence-corrected chi connectivity index (χ4v) is 4.58. The fraction of sp³-hybridized carbons (Fsp3) is 0.100. The van der Waals surface area contributed by atoms with Crippen molar-refractivity contribution in [3.63, 3.8) is 0 Å². The van der Waals surface area contributed by atoms with Crippen LogP contribution in [0.25, 0.3) is 11.6 Å². The number of H-pyrrole nitrogens is 1. The van der Waals surface area contributed by atoms with Gasteiger partial charge in [0.15, 0.2) is 0 Å². The van der Waals surface area contributed by atoms with Gasteiger partial charge in [0.2, 0.25) is 0 Å². The molecule has 2 heterocycles. The summed E-state index contributed by atoms with van der Waals surface area (Å²) in [6.07, 6.45) is 1.69. The lowest BCUT2D eigenvalue weighted by Crippen LogP contribution is -2.11.